The molecule has 0 bridgehead atoms. The van der Waals surface area contributed by atoms with E-state index in [1.165, 1.54) is 105 Å². The van der Waals surface area contributed by atoms with Crippen molar-refractivity contribution >= 4 is 32.3 Å². The Kier molecular flexibility index (Phi) is 7.87. The molecule has 0 heteroatoms. The number of hydrogen-bond donors (Lipinski definition) is 0. The average molecular weight is 623 g/mol. The predicted octanol–water partition coefficient (Wildman–Crippen LogP) is 14.5. The van der Waals surface area contributed by atoms with Crippen molar-refractivity contribution in [3.8, 4) is 44.5 Å². The highest BCUT2D eigenvalue weighted by Gasteiger charge is 2.37. The molecule has 0 fully saturated rings. The Hall–Kier alpha value is -4.94. The van der Waals surface area contributed by atoms with E-state index in [0.717, 1.165) is 0 Å². The van der Waals surface area contributed by atoms with E-state index in [4.69, 9.17) is 0 Å². The quantitative estimate of drug-likeness (QED) is 0.133. The summed E-state index contributed by atoms with van der Waals surface area (Å²) in [5.41, 5.74) is 17.8. The van der Waals surface area contributed by atoms with E-state index < -0.39 is 0 Å². The summed E-state index contributed by atoms with van der Waals surface area (Å²) in [6, 6.07) is 39.4. The molecule has 9 rings (SSSR count). The van der Waals surface area contributed by atoms with Crippen LogP contribution in [-0.4, -0.2) is 0 Å². The molecule has 0 heterocycles. The molecule has 2 aliphatic carbocycles. The van der Waals surface area contributed by atoms with Gasteiger partial charge in [0.1, 0.15) is 0 Å². The van der Waals surface area contributed by atoms with Gasteiger partial charge in [0.2, 0.25) is 0 Å². The highest BCUT2D eigenvalue weighted by molar-refractivity contribution is 6.33. The molecule has 0 nitrogen and oxygen atoms in total. The van der Waals surface area contributed by atoms with Crippen molar-refractivity contribution in [1.82, 2.24) is 0 Å². The fourth-order valence-electron chi connectivity index (χ4n) is 7.95. The smallest absolute Gasteiger partial charge is 0.0159 e. The molecule has 7 aromatic rings. The van der Waals surface area contributed by atoms with E-state index in [0.29, 0.717) is 0 Å². The standard InChI is InChI=1S/C38H26.C8H14.C2H6/c1-21-8-10-22(11-9-21)25-15-14-24-18-32-29-19-31-26-6-4-5-7-33(26)38(2,3)34(31)20-30(29)28-17-13-23-12-16-27(25)35(24)36(23)37(28)32;1-5-6-8(4)7(2)3;1-2/h4-20H,1-3H3;5-6H,1-4H3;1-2H3/b;6-5-;. The highest BCUT2D eigenvalue weighted by Crippen LogP contribution is 2.57. The van der Waals surface area contributed by atoms with Gasteiger partial charge in [-0.15, -0.1) is 0 Å². The lowest BCUT2D eigenvalue weighted by Gasteiger charge is -2.22. The van der Waals surface area contributed by atoms with Gasteiger partial charge in [-0.05, 0) is 141 Å². The van der Waals surface area contributed by atoms with Gasteiger partial charge < -0.3 is 0 Å². The van der Waals surface area contributed by atoms with E-state index in [2.05, 4.69) is 157 Å². The van der Waals surface area contributed by atoms with Gasteiger partial charge in [-0.2, -0.15) is 0 Å². The van der Waals surface area contributed by atoms with Crippen molar-refractivity contribution < 1.29 is 0 Å². The van der Waals surface area contributed by atoms with Crippen LogP contribution in [0.3, 0.4) is 0 Å². The number of aryl methyl sites for hydroxylation is 1. The molecule has 48 heavy (non-hydrogen) atoms. The van der Waals surface area contributed by atoms with Crippen LogP contribution >= 0.6 is 0 Å². The SMILES string of the molecule is C/C=C\C(C)=C(C)C.CC.Cc1ccc(-c2ccc3cc4c5c(ccc6ccc2c3c65)-c2cc3c(cc2-4)-c2ccccc2C3(C)C)cc1. The summed E-state index contributed by atoms with van der Waals surface area (Å²) in [5, 5.41) is 8.23. The second-order valence-electron chi connectivity index (χ2n) is 14.0. The van der Waals surface area contributed by atoms with Gasteiger partial charge in [0.15, 0.2) is 0 Å². The van der Waals surface area contributed by atoms with Gasteiger partial charge in [0, 0.05) is 5.41 Å². The number of fused-ring (bicyclic) bond motifs is 6. The maximum atomic E-state index is 2.50. The van der Waals surface area contributed by atoms with Crippen molar-refractivity contribution in [3.05, 3.63) is 143 Å². The minimum Gasteiger partial charge on any atom is -0.0874 e. The molecule has 0 unspecified atom stereocenters. The molecule has 0 amide bonds. The first kappa shape index (κ1) is 31.6. The molecule has 0 N–H and O–H groups in total. The normalized spacial score (nSPS) is 13.2. The molecular formula is C48H46. The van der Waals surface area contributed by atoms with Crippen LogP contribution in [0.5, 0.6) is 0 Å². The summed E-state index contributed by atoms with van der Waals surface area (Å²) in [4.78, 5) is 0. The maximum absolute atomic E-state index is 2.50. The third-order valence-electron chi connectivity index (χ3n) is 10.6. The summed E-state index contributed by atoms with van der Waals surface area (Å²) in [6.45, 7) is 19.3. The minimum absolute atomic E-state index is 0.00375. The van der Waals surface area contributed by atoms with E-state index in [9.17, 15) is 0 Å². The van der Waals surface area contributed by atoms with Gasteiger partial charge in [-0.25, -0.2) is 0 Å². The molecule has 0 aliphatic heterocycles. The molecule has 0 saturated heterocycles. The van der Waals surface area contributed by atoms with Gasteiger partial charge in [0.25, 0.3) is 0 Å². The Morgan fingerprint density at radius 1 is 0.542 bits per heavy atom. The van der Waals surface area contributed by atoms with Crippen molar-refractivity contribution in [2.24, 2.45) is 0 Å². The van der Waals surface area contributed by atoms with Crippen LogP contribution in [0, 0.1) is 6.92 Å². The Morgan fingerprint density at radius 3 is 1.92 bits per heavy atom. The first-order valence-corrected chi connectivity index (χ1v) is 17.6. The zero-order valence-electron chi connectivity index (χ0n) is 30.0. The first-order valence-electron chi connectivity index (χ1n) is 17.6. The third-order valence-corrected chi connectivity index (χ3v) is 10.6. The van der Waals surface area contributed by atoms with Gasteiger partial charge in [-0.1, -0.05) is 141 Å². The lowest BCUT2D eigenvalue weighted by Crippen LogP contribution is -2.14. The molecule has 0 spiro atoms. The minimum atomic E-state index is 0.00375. The molecular weight excluding hydrogens is 577 g/mol. The molecule has 238 valence electrons. The van der Waals surface area contributed by atoms with Crippen LogP contribution in [0.1, 0.15) is 72.1 Å². The topological polar surface area (TPSA) is 0 Å². The monoisotopic (exact) mass is 622 g/mol. The van der Waals surface area contributed by atoms with Crippen LogP contribution in [0.15, 0.2) is 126 Å². The Bertz CT molecular complexity index is 2400. The van der Waals surface area contributed by atoms with Gasteiger partial charge >= 0.3 is 0 Å². The molecule has 0 saturated carbocycles. The second-order valence-corrected chi connectivity index (χ2v) is 14.0. The van der Waals surface area contributed by atoms with Crippen LogP contribution < -0.4 is 0 Å². The lowest BCUT2D eigenvalue weighted by atomic mass is 9.81. The fraction of sp³-hybridized carbons (Fsp3) is 0.208. The van der Waals surface area contributed by atoms with E-state index in [-0.39, 0.29) is 5.41 Å². The van der Waals surface area contributed by atoms with Crippen molar-refractivity contribution in [3.63, 3.8) is 0 Å². The Balaban J connectivity index is 0.000000324. The van der Waals surface area contributed by atoms with E-state index in [1.807, 2.05) is 20.8 Å². The lowest BCUT2D eigenvalue weighted by molar-refractivity contribution is 0.660. The average Bonchev–Trinajstić information content (AvgIpc) is 3.54. The Morgan fingerprint density at radius 2 is 1.21 bits per heavy atom. The van der Waals surface area contributed by atoms with E-state index >= 15 is 0 Å². The highest BCUT2D eigenvalue weighted by atomic mass is 14.4. The van der Waals surface area contributed by atoms with E-state index in [1.54, 1.807) is 0 Å². The first-order chi connectivity index (χ1) is 23.2. The molecule has 0 aromatic heterocycles. The fourth-order valence-corrected chi connectivity index (χ4v) is 7.95. The summed E-state index contributed by atoms with van der Waals surface area (Å²) in [7, 11) is 0. The number of benzene rings is 7. The van der Waals surface area contributed by atoms with Crippen LogP contribution in [0.4, 0.5) is 0 Å². The van der Waals surface area contributed by atoms with Crippen LogP contribution in [-0.2, 0) is 5.41 Å². The van der Waals surface area contributed by atoms with Crippen molar-refractivity contribution in [2.45, 2.75) is 67.7 Å². The molecule has 2 aliphatic rings. The molecule has 0 atom stereocenters. The largest absolute Gasteiger partial charge is 0.0874 e. The summed E-state index contributed by atoms with van der Waals surface area (Å²) in [6.07, 6.45) is 4.18. The van der Waals surface area contributed by atoms with Crippen LogP contribution in [0.25, 0.3) is 76.8 Å². The van der Waals surface area contributed by atoms with Crippen LogP contribution in [0.2, 0.25) is 0 Å². The molecule has 7 aromatic carbocycles. The van der Waals surface area contributed by atoms with Crippen molar-refractivity contribution in [1.29, 1.82) is 0 Å². The summed E-state index contributed by atoms with van der Waals surface area (Å²) in [5.74, 6) is 0. The zero-order valence-corrected chi connectivity index (χ0v) is 30.0. The Labute approximate surface area is 286 Å². The molecule has 0 radical (unpaired) electrons. The second kappa shape index (κ2) is 11.9. The van der Waals surface area contributed by atoms with Crippen molar-refractivity contribution in [2.75, 3.05) is 0 Å². The predicted molar refractivity (Wildman–Crippen MR) is 213 cm³/mol. The van der Waals surface area contributed by atoms with Gasteiger partial charge in [-0.3, -0.25) is 0 Å². The number of rotatable bonds is 2. The third kappa shape index (κ3) is 4.73. The summed E-state index contributed by atoms with van der Waals surface area (Å²) >= 11 is 0. The zero-order chi connectivity index (χ0) is 33.9. The summed E-state index contributed by atoms with van der Waals surface area (Å²) < 4.78 is 0. The van der Waals surface area contributed by atoms with Gasteiger partial charge in [0.05, 0.1) is 0 Å². The number of hydrogen-bond acceptors (Lipinski definition) is 0. The maximum Gasteiger partial charge on any atom is 0.0159 e. The number of allylic oxidation sites excluding steroid dienone is 4.